The van der Waals surface area contributed by atoms with E-state index in [2.05, 4.69) is 0 Å². The van der Waals surface area contributed by atoms with E-state index >= 15 is 0 Å². The predicted octanol–water partition coefficient (Wildman–Crippen LogP) is 2.46. The zero-order chi connectivity index (χ0) is 11.5. The van der Waals surface area contributed by atoms with Crippen molar-refractivity contribution >= 4 is 17.9 Å². The Hall–Kier alpha value is -0.990. The van der Waals surface area contributed by atoms with Gasteiger partial charge >= 0.3 is 0 Å². The molecule has 0 aliphatic carbocycles. The lowest BCUT2D eigenvalue weighted by Crippen LogP contribution is -1.97. The Balaban J connectivity index is 3.08. The van der Waals surface area contributed by atoms with Crippen LogP contribution in [0, 0.1) is 0 Å². The van der Waals surface area contributed by atoms with Gasteiger partial charge < -0.3 is 4.79 Å². The summed E-state index contributed by atoms with van der Waals surface area (Å²) in [5.74, 6) is -0.0434. The first kappa shape index (κ1) is 14.0. The van der Waals surface area contributed by atoms with E-state index in [1.165, 1.54) is 0 Å². The highest BCUT2D eigenvalue weighted by atomic mass is 16.2. The van der Waals surface area contributed by atoms with Gasteiger partial charge in [0.15, 0.2) is 12.1 Å². The minimum atomic E-state index is -0.299. The van der Waals surface area contributed by atoms with Gasteiger partial charge in [-0.15, -0.1) is 0 Å². The van der Waals surface area contributed by atoms with Crippen molar-refractivity contribution < 1.29 is 14.4 Å². The smallest absolute Gasteiger partial charge is 0.195 e. The molecular formula is C12H20O3. The number of hydrogen-bond acceptors (Lipinski definition) is 3. The van der Waals surface area contributed by atoms with Gasteiger partial charge in [0.25, 0.3) is 0 Å². The Morgan fingerprint density at radius 2 is 1.33 bits per heavy atom. The van der Waals surface area contributed by atoms with Crippen LogP contribution in [-0.2, 0) is 14.4 Å². The van der Waals surface area contributed by atoms with Gasteiger partial charge in [0, 0.05) is 12.8 Å². The predicted molar refractivity (Wildman–Crippen MR) is 58.7 cm³/mol. The van der Waals surface area contributed by atoms with Crippen molar-refractivity contribution in [2.24, 2.45) is 0 Å². The Labute approximate surface area is 91.2 Å². The quantitative estimate of drug-likeness (QED) is 0.317. The first-order chi connectivity index (χ1) is 7.16. The van der Waals surface area contributed by atoms with Crippen LogP contribution in [0.3, 0.4) is 0 Å². The maximum atomic E-state index is 10.6. The topological polar surface area (TPSA) is 51.2 Å². The van der Waals surface area contributed by atoms with Crippen LogP contribution >= 0.6 is 0 Å². The molecule has 0 saturated heterocycles. The average molecular weight is 212 g/mol. The molecule has 0 atom stereocenters. The van der Waals surface area contributed by atoms with Gasteiger partial charge in [-0.2, -0.15) is 0 Å². The van der Waals surface area contributed by atoms with Crippen molar-refractivity contribution in [3.05, 3.63) is 0 Å². The lowest BCUT2D eigenvalue weighted by atomic mass is 10.1. The van der Waals surface area contributed by atoms with Crippen molar-refractivity contribution in [1.82, 2.24) is 0 Å². The van der Waals surface area contributed by atoms with Gasteiger partial charge in [0.2, 0.25) is 0 Å². The zero-order valence-corrected chi connectivity index (χ0v) is 9.46. The van der Waals surface area contributed by atoms with Crippen molar-refractivity contribution in [3.8, 4) is 0 Å². The molecule has 0 aromatic rings. The van der Waals surface area contributed by atoms with Crippen molar-refractivity contribution in [1.29, 1.82) is 0 Å². The van der Waals surface area contributed by atoms with Crippen molar-refractivity contribution in [2.45, 2.75) is 58.3 Å². The molecular weight excluding hydrogens is 192 g/mol. The van der Waals surface area contributed by atoms with Crippen LogP contribution in [0.2, 0.25) is 0 Å². The fraction of sp³-hybridized carbons (Fsp3) is 0.750. The summed E-state index contributed by atoms with van der Waals surface area (Å²) < 4.78 is 0. The molecule has 86 valence electrons. The maximum Gasteiger partial charge on any atom is 0.195 e. The van der Waals surface area contributed by atoms with Gasteiger partial charge in [-0.25, -0.2) is 0 Å². The number of carbonyl (C=O) groups is 3. The highest BCUT2D eigenvalue weighted by Gasteiger charge is 1.98. The number of aldehydes is 1. The van der Waals surface area contributed by atoms with Crippen molar-refractivity contribution in [2.75, 3.05) is 0 Å². The second kappa shape index (κ2) is 9.56. The lowest BCUT2D eigenvalue weighted by molar-refractivity contribution is -0.129. The molecule has 0 spiro atoms. The molecule has 0 aliphatic rings. The summed E-state index contributed by atoms with van der Waals surface area (Å²) in [5.41, 5.74) is 0. The molecule has 3 heteroatoms. The Kier molecular flexibility index (Phi) is 8.93. The van der Waals surface area contributed by atoms with E-state index in [4.69, 9.17) is 0 Å². The van der Waals surface area contributed by atoms with E-state index in [0.717, 1.165) is 38.5 Å². The minimum Gasteiger partial charge on any atom is -0.300 e. The third kappa shape index (κ3) is 10.9. The summed E-state index contributed by atoms with van der Waals surface area (Å²) in [5, 5.41) is 0. The van der Waals surface area contributed by atoms with Crippen LogP contribution in [0.1, 0.15) is 58.3 Å². The van der Waals surface area contributed by atoms with Crippen LogP contribution in [-0.4, -0.2) is 17.9 Å². The molecule has 15 heavy (non-hydrogen) atoms. The fourth-order valence-electron chi connectivity index (χ4n) is 1.44. The Bertz CT molecular complexity index is 209. The van der Waals surface area contributed by atoms with Gasteiger partial charge in [-0.1, -0.05) is 25.7 Å². The summed E-state index contributed by atoms with van der Waals surface area (Å²) in [6.45, 7) is 1.62. The van der Waals surface area contributed by atoms with E-state index in [1.807, 2.05) is 0 Å². The molecule has 0 fully saturated rings. The molecule has 0 aromatic heterocycles. The van der Waals surface area contributed by atoms with Crippen LogP contribution in [0.4, 0.5) is 0 Å². The highest BCUT2D eigenvalue weighted by Crippen LogP contribution is 2.08. The van der Waals surface area contributed by atoms with Gasteiger partial charge in [-0.3, -0.25) is 9.59 Å². The molecule has 0 unspecified atom stereocenters. The first-order valence-corrected chi connectivity index (χ1v) is 5.64. The number of unbranched alkanes of at least 4 members (excludes halogenated alkanes) is 5. The van der Waals surface area contributed by atoms with Gasteiger partial charge in [0.1, 0.15) is 5.78 Å². The van der Waals surface area contributed by atoms with Crippen molar-refractivity contribution in [3.63, 3.8) is 0 Å². The molecule has 0 aromatic carbocycles. The van der Waals surface area contributed by atoms with E-state index in [0.29, 0.717) is 19.1 Å². The second-order valence-electron chi connectivity index (χ2n) is 3.91. The number of rotatable bonds is 10. The van der Waals surface area contributed by atoms with E-state index in [-0.39, 0.29) is 11.6 Å². The minimum absolute atomic E-state index is 0.256. The van der Waals surface area contributed by atoms with Gasteiger partial charge in [0.05, 0.1) is 0 Å². The second-order valence-corrected chi connectivity index (χ2v) is 3.91. The highest BCUT2D eigenvalue weighted by molar-refractivity contribution is 6.24. The lowest BCUT2D eigenvalue weighted by Gasteiger charge is -1.99. The summed E-state index contributed by atoms with van der Waals surface area (Å²) in [7, 11) is 0. The molecule has 0 N–H and O–H groups in total. The molecule has 0 saturated carbocycles. The summed E-state index contributed by atoms with van der Waals surface area (Å²) >= 11 is 0. The third-order valence-electron chi connectivity index (χ3n) is 2.33. The van der Waals surface area contributed by atoms with Crippen LogP contribution in [0.15, 0.2) is 0 Å². The standard InChI is InChI=1S/C12H20O3/c1-11(14)8-6-4-2-3-5-7-9-12(15)10-13/h10H,2-9H2,1H3. The van der Waals surface area contributed by atoms with Crippen LogP contribution < -0.4 is 0 Å². The van der Waals surface area contributed by atoms with Crippen LogP contribution in [0.25, 0.3) is 0 Å². The third-order valence-corrected chi connectivity index (χ3v) is 2.33. The van der Waals surface area contributed by atoms with Crippen LogP contribution in [0.5, 0.6) is 0 Å². The number of Topliss-reactive ketones (excluding diaryl/α,β-unsaturated/α-hetero) is 2. The Morgan fingerprint density at radius 3 is 1.80 bits per heavy atom. The summed E-state index contributed by atoms with van der Waals surface area (Å²) in [4.78, 5) is 31.2. The first-order valence-electron chi connectivity index (χ1n) is 5.64. The SMILES string of the molecule is CC(=O)CCCCCCCCC(=O)C=O. The summed E-state index contributed by atoms with van der Waals surface area (Å²) in [6.07, 6.45) is 7.54. The monoisotopic (exact) mass is 212 g/mol. The normalized spacial score (nSPS) is 9.93. The molecule has 0 rings (SSSR count). The molecule has 0 heterocycles. The summed E-state index contributed by atoms with van der Waals surface area (Å²) in [6, 6.07) is 0. The van der Waals surface area contributed by atoms with Gasteiger partial charge in [-0.05, 0) is 19.8 Å². The molecule has 3 nitrogen and oxygen atoms in total. The largest absolute Gasteiger partial charge is 0.300 e. The molecule has 0 radical (unpaired) electrons. The van der Waals surface area contributed by atoms with E-state index in [9.17, 15) is 14.4 Å². The molecule has 0 amide bonds. The number of ketones is 2. The molecule has 0 bridgehead atoms. The fourth-order valence-corrected chi connectivity index (χ4v) is 1.44. The zero-order valence-electron chi connectivity index (χ0n) is 9.46. The molecule has 0 aliphatic heterocycles. The maximum absolute atomic E-state index is 10.6. The van der Waals surface area contributed by atoms with E-state index < -0.39 is 0 Å². The number of carbonyl (C=O) groups excluding carboxylic acids is 3. The average Bonchev–Trinajstić information content (AvgIpc) is 2.21. The Morgan fingerprint density at radius 1 is 0.867 bits per heavy atom. The number of hydrogen-bond donors (Lipinski definition) is 0. The van der Waals surface area contributed by atoms with E-state index in [1.54, 1.807) is 6.92 Å².